The van der Waals surface area contributed by atoms with E-state index in [1.54, 1.807) is 30.1 Å². The van der Waals surface area contributed by atoms with Gasteiger partial charge in [-0.3, -0.25) is 4.90 Å². The molecule has 10 heteroatoms. The Hall–Kier alpha value is -2.92. The van der Waals surface area contributed by atoms with Gasteiger partial charge < -0.3 is 15.6 Å². The number of nitrogens with zero attached hydrogens (tertiary/aromatic N) is 6. The molecule has 4 heterocycles. The van der Waals surface area contributed by atoms with E-state index in [0.29, 0.717) is 17.4 Å². The molecule has 0 saturated carbocycles. The number of aliphatic hydroxyl groups is 1. The molecule has 1 aliphatic heterocycles. The quantitative estimate of drug-likeness (QED) is 0.487. The molecular formula is C21H23N7O2S. The van der Waals surface area contributed by atoms with Crippen molar-refractivity contribution in [1.29, 1.82) is 0 Å². The lowest BCUT2D eigenvalue weighted by Gasteiger charge is -2.25. The molecule has 0 aliphatic carbocycles. The molecule has 0 radical (unpaired) electrons. The van der Waals surface area contributed by atoms with Gasteiger partial charge in [-0.1, -0.05) is 12.1 Å². The fraction of sp³-hybridized carbons (Fsp3) is 0.333. The van der Waals surface area contributed by atoms with Crippen molar-refractivity contribution < 1.29 is 9.84 Å². The third kappa shape index (κ3) is 3.79. The Labute approximate surface area is 183 Å². The molecule has 1 saturated heterocycles. The van der Waals surface area contributed by atoms with Crippen LogP contribution in [0.5, 0.6) is 0 Å². The molecule has 1 aliphatic rings. The monoisotopic (exact) mass is 437 g/mol. The highest BCUT2D eigenvalue weighted by molar-refractivity contribution is 7.09. The van der Waals surface area contributed by atoms with Crippen molar-refractivity contribution >= 4 is 28.2 Å². The average Bonchev–Trinajstić information content (AvgIpc) is 3.44. The lowest BCUT2D eigenvalue weighted by Crippen LogP contribution is -2.35. The molecule has 3 aromatic heterocycles. The highest BCUT2D eigenvalue weighted by Crippen LogP contribution is 2.34. The van der Waals surface area contributed by atoms with E-state index in [1.165, 1.54) is 11.3 Å². The normalized spacial score (nSPS) is 17.1. The molecule has 9 nitrogen and oxygen atoms in total. The molecule has 0 spiro atoms. The van der Waals surface area contributed by atoms with Gasteiger partial charge in [0.1, 0.15) is 10.6 Å². The largest absolute Gasteiger partial charge is 0.379 e. The lowest BCUT2D eigenvalue weighted by atomic mass is 9.95. The van der Waals surface area contributed by atoms with Gasteiger partial charge in [0, 0.05) is 48.9 Å². The Balaban J connectivity index is 1.63. The highest BCUT2D eigenvalue weighted by atomic mass is 32.1. The summed E-state index contributed by atoms with van der Waals surface area (Å²) in [7, 11) is 0. The first-order valence-electron chi connectivity index (χ1n) is 10.1. The van der Waals surface area contributed by atoms with Gasteiger partial charge in [0.05, 0.1) is 24.4 Å². The Morgan fingerprint density at radius 3 is 2.77 bits per heavy atom. The van der Waals surface area contributed by atoms with Crippen molar-refractivity contribution in [3.05, 3.63) is 58.3 Å². The summed E-state index contributed by atoms with van der Waals surface area (Å²) in [5, 5.41) is 19.6. The number of ether oxygens (including phenoxy) is 1. The van der Waals surface area contributed by atoms with Gasteiger partial charge in [-0.05, 0) is 18.6 Å². The number of anilines is 1. The van der Waals surface area contributed by atoms with Gasteiger partial charge >= 0.3 is 0 Å². The van der Waals surface area contributed by atoms with Gasteiger partial charge in [-0.2, -0.15) is 10.1 Å². The topological polar surface area (TPSA) is 115 Å². The molecule has 1 aromatic carbocycles. The van der Waals surface area contributed by atoms with E-state index in [0.717, 1.165) is 48.5 Å². The van der Waals surface area contributed by atoms with Crippen molar-refractivity contribution in [3.63, 3.8) is 0 Å². The molecule has 1 fully saturated rings. The molecule has 3 N–H and O–H groups in total. The number of hydrogen-bond acceptors (Lipinski definition) is 9. The van der Waals surface area contributed by atoms with Crippen LogP contribution in [0.2, 0.25) is 0 Å². The van der Waals surface area contributed by atoms with Crippen LogP contribution in [0.4, 0.5) is 5.95 Å². The van der Waals surface area contributed by atoms with Crippen molar-refractivity contribution in [2.45, 2.75) is 19.1 Å². The lowest BCUT2D eigenvalue weighted by molar-refractivity contribution is 0.0338. The van der Waals surface area contributed by atoms with Crippen LogP contribution in [0.1, 0.15) is 23.2 Å². The van der Waals surface area contributed by atoms with Gasteiger partial charge in [-0.15, -0.1) is 11.3 Å². The number of fused-ring (bicyclic) bond motifs is 1. The number of nitrogens with two attached hydrogens (primary N) is 1. The van der Waals surface area contributed by atoms with E-state index >= 15 is 0 Å². The van der Waals surface area contributed by atoms with Crippen LogP contribution >= 0.6 is 11.3 Å². The Bertz CT molecular complexity index is 1200. The number of aromatic nitrogens is 5. The summed E-state index contributed by atoms with van der Waals surface area (Å²) < 4.78 is 7.24. The van der Waals surface area contributed by atoms with Crippen LogP contribution < -0.4 is 5.73 Å². The molecule has 1 unspecified atom stereocenters. The maximum Gasteiger partial charge on any atom is 0.221 e. The number of rotatable bonds is 5. The Morgan fingerprint density at radius 1 is 1.19 bits per heavy atom. The summed E-state index contributed by atoms with van der Waals surface area (Å²) in [6.45, 7) is 5.64. The first-order chi connectivity index (χ1) is 15.0. The minimum Gasteiger partial charge on any atom is -0.379 e. The third-order valence-corrected chi connectivity index (χ3v) is 6.51. The Morgan fingerprint density at radius 2 is 2.03 bits per heavy atom. The van der Waals surface area contributed by atoms with Gasteiger partial charge in [-0.25, -0.2) is 14.6 Å². The van der Waals surface area contributed by atoms with Crippen LogP contribution in [0, 0.1) is 0 Å². The number of nitrogen functional groups attached to an aromatic ring is 1. The maximum atomic E-state index is 11.2. The summed E-state index contributed by atoms with van der Waals surface area (Å²) in [6, 6.07) is 7.67. The second kappa shape index (κ2) is 7.97. The summed E-state index contributed by atoms with van der Waals surface area (Å²) in [5.74, 6) is 0.763. The minimum atomic E-state index is -1.22. The minimum absolute atomic E-state index is 0.182. The van der Waals surface area contributed by atoms with Crippen LogP contribution in [0.15, 0.2) is 42.0 Å². The predicted molar refractivity (Wildman–Crippen MR) is 118 cm³/mol. The summed E-state index contributed by atoms with van der Waals surface area (Å²) in [5.41, 5.74) is 7.13. The van der Waals surface area contributed by atoms with Crippen molar-refractivity contribution in [2.24, 2.45) is 0 Å². The van der Waals surface area contributed by atoms with Crippen molar-refractivity contribution in [1.82, 2.24) is 29.6 Å². The van der Waals surface area contributed by atoms with E-state index in [2.05, 4.69) is 19.9 Å². The summed E-state index contributed by atoms with van der Waals surface area (Å²) in [4.78, 5) is 15.0. The number of benzene rings is 1. The molecule has 0 bridgehead atoms. The second-order valence-corrected chi connectivity index (χ2v) is 8.56. The van der Waals surface area contributed by atoms with Crippen LogP contribution in [-0.2, 0) is 16.9 Å². The van der Waals surface area contributed by atoms with Gasteiger partial charge in [0.15, 0.2) is 5.82 Å². The summed E-state index contributed by atoms with van der Waals surface area (Å²) >= 11 is 1.42. The number of thiazole rings is 1. The van der Waals surface area contributed by atoms with Gasteiger partial charge in [0.25, 0.3) is 0 Å². The average molecular weight is 438 g/mol. The molecule has 5 rings (SSSR count). The molecule has 1 atom stereocenters. The van der Waals surface area contributed by atoms with Gasteiger partial charge in [0.2, 0.25) is 5.95 Å². The predicted octanol–water partition coefficient (Wildman–Crippen LogP) is 1.94. The van der Waals surface area contributed by atoms with E-state index in [9.17, 15) is 5.11 Å². The molecule has 160 valence electrons. The number of morpholine rings is 1. The molecule has 0 amide bonds. The SMILES string of the molecule is CC(O)(c1ccc2c(CN3CCOCC3)nn(-c3ccnc(N)n3)c2c1)c1nccs1. The fourth-order valence-electron chi connectivity index (χ4n) is 3.81. The number of hydrogen-bond donors (Lipinski definition) is 2. The van der Waals surface area contributed by atoms with E-state index in [4.69, 9.17) is 15.6 Å². The fourth-order valence-corrected chi connectivity index (χ4v) is 4.53. The van der Waals surface area contributed by atoms with Crippen molar-refractivity contribution in [2.75, 3.05) is 32.0 Å². The molecular weight excluding hydrogens is 414 g/mol. The summed E-state index contributed by atoms with van der Waals surface area (Å²) in [6.07, 6.45) is 3.31. The Kier molecular flexibility index (Phi) is 5.14. The van der Waals surface area contributed by atoms with Crippen molar-refractivity contribution in [3.8, 4) is 5.82 Å². The zero-order chi connectivity index (χ0) is 21.4. The van der Waals surface area contributed by atoms with E-state index < -0.39 is 5.60 Å². The smallest absolute Gasteiger partial charge is 0.221 e. The molecule has 31 heavy (non-hydrogen) atoms. The van der Waals surface area contributed by atoms with Crippen LogP contribution in [-0.4, -0.2) is 61.0 Å². The van der Waals surface area contributed by atoms with E-state index in [1.807, 2.05) is 23.6 Å². The van der Waals surface area contributed by atoms with E-state index in [-0.39, 0.29) is 5.95 Å². The zero-order valence-electron chi connectivity index (χ0n) is 17.1. The third-order valence-electron chi connectivity index (χ3n) is 5.52. The van der Waals surface area contributed by atoms with Crippen LogP contribution in [0.25, 0.3) is 16.7 Å². The van der Waals surface area contributed by atoms with Crippen LogP contribution in [0.3, 0.4) is 0 Å². The molecule has 4 aromatic rings. The first-order valence-corrected chi connectivity index (χ1v) is 10.9. The zero-order valence-corrected chi connectivity index (χ0v) is 17.9. The second-order valence-electron chi connectivity index (χ2n) is 7.66. The first kappa shape index (κ1) is 20.0. The standard InChI is InChI=1S/C21H23N7O2S/c1-21(29,19-23-6-11-31-19)14-2-3-15-16(13-27-7-9-30-10-8-27)26-28(17(15)12-14)18-4-5-24-20(22)25-18/h2-6,11-12,29H,7-10,13H2,1H3,(H2,22,24,25). The highest BCUT2D eigenvalue weighted by Gasteiger charge is 2.29. The maximum absolute atomic E-state index is 11.2.